The van der Waals surface area contributed by atoms with E-state index in [1.807, 2.05) is 23.9 Å². The maximum absolute atomic E-state index is 11.6. The second-order valence-electron chi connectivity index (χ2n) is 4.53. The van der Waals surface area contributed by atoms with E-state index >= 15 is 0 Å². The number of benzene rings is 1. The Labute approximate surface area is 126 Å². The van der Waals surface area contributed by atoms with Gasteiger partial charge in [0.2, 0.25) is 5.91 Å². The summed E-state index contributed by atoms with van der Waals surface area (Å²) in [5, 5.41) is 6.39. The van der Waals surface area contributed by atoms with Gasteiger partial charge in [-0.1, -0.05) is 26.0 Å². The van der Waals surface area contributed by atoms with Crippen molar-refractivity contribution in [3.05, 3.63) is 29.3 Å². The molecule has 0 fully saturated rings. The van der Waals surface area contributed by atoms with Crippen LogP contribution < -0.4 is 10.6 Å². The Morgan fingerprint density at radius 3 is 2.63 bits per heavy atom. The van der Waals surface area contributed by atoms with E-state index in [1.54, 1.807) is 7.05 Å². The molecule has 0 bridgehead atoms. The van der Waals surface area contributed by atoms with E-state index in [0.717, 1.165) is 17.0 Å². The van der Waals surface area contributed by atoms with Crippen LogP contribution in [-0.4, -0.2) is 24.7 Å². The van der Waals surface area contributed by atoms with Crippen LogP contribution in [0, 0.1) is 6.92 Å². The summed E-state index contributed by atoms with van der Waals surface area (Å²) in [6.07, 6.45) is 0. The summed E-state index contributed by atoms with van der Waals surface area (Å²) in [4.78, 5) is 11.6. The van der Waals surface area contributed by atoms with Gasteiger partial charge in [-0.15, -0.1) is 12.4 Å². The summed E-state index contributed by atoms with van der Waals surface area (Å²) in [7, 11) is 1.77. The lowest BCUT2D eigenvalue weighted by Crippen LogP contribution is -2.25. The Kier molecular flexibility index (Phi) is 8.89. The van der Waals surface area contributed by atoms with Crippen molar-refractivity contribution < 1.29 is 4.79 Å². The lowest BCUT2D eigenvalue weighted by molar-refractivity contribution is -0.115. The molecule has 1 aromatic rings. The first kappa shape index (κ1) is 18.3. The zero-order valence-corrected chi connectivity index (χ0v) is 13.6. The van der Waals surface area contributed by atoms with Crippen molar-refractivity contribution in [2.45, 2.75) is 31.8 Å². The highest BCUT2D eigenvalue weighted by molar-refractivity contribution is 7.99. The van der Waals surface area contributed by atoms with Crippen LogP contribution in [0.3, 0.4) is 0 Å². The van der Waals surface area contributed by atoms with E-state index < -0.39 is 0 Å². The van der Waals surface area contributed by atoms with Crippen LogP contribution in [0.4, 0.5) is 5.69 Å². The number of carbonyl (C=O) groups is 1. The van der Waals surface area contributed by atoms with Crippen molar-refractivity contribution in [1.29, 1.82) is 0 Å². The molecule has 0 saturated carbocycles. The Balaban J connectivity index is 0.00000324. The summed E-state index contributed by atoms with van der Waals surface area (Å²) in [6, 6.07) is 6.07. The van der Waals surface area contributed by atoms with Crippen LogP contribution in [0.2, 0.25) is 0 Å². The highest BCUT2D eigenvalue weighted by Crippen LogP contribution is 2.24. The van der Waals surface area contributed by atoms with Crippen LogP contribution in [0.25, 0.3) is 0 Å². The molecule has 0 aliphatic rings. The number of rotatable bonds is 6. The summed E-state index contributed by atoms with van der Waals surface area (Å²) >= 11 is 1.91. The molecule has 0 heterocycles. The van der Waals surface area contributed by atoms with Gasteiger partial charge in [-0.05, 0) is 36.4 Å². The fourth-order valence-corrected chi connectivity index (χ4v) is 2.41. The van der Waals surface area contributed by atoms with Gasteiger partial charge in [0.05, 0.1) is 6.54 Å². The lowest BCUT2D eigenvalue weighted by atomic mass is 10.1. The molecule has 0 atom stereocenters. The van der Waals surface area contributed by atoms with Crippen molar-refractivity contribution in [3.63, 3.8) is 0 Å². The summed E-state index contributed by atoms with van der Waals surface area (Å²) < 4.78 is 0. The van der Waals surface area contributed by atoms with Gasteiger partial charge < -0.3 is 10.6 Å². The molecule has 0 aromatic heterocycles. The Morgan fingerprint density at radius 2 is 2.05 bits per heavy atom. The van der Waals surface area contributed by atoms with Crippen molar-refractivity contribution in [3.8, 4) is 0 Å². The van der Waals surface area contributed by atoms with Crippen molar-refractivity contribution in [2.24, 2.45) is 0 Å². The van der Waals surface area contributed by atoms with Crippen LogP contribution in [-0.2, 0) is 10.5 Å². The van der Waals surface area contributed by atoms with E-state index in [0.29, 0.717) is 11.8 Å². The van der Waals surface area contributed by atoms with Gasteiger partial charge in [0, 0.05) is 11.4 Å². The molecule has 0 radical (unpaired) electrons. The van der Waals surface area contributed by atoms with Crippen LogP contribution in [0.15, 0.2) is 18.2 Å². The molecule has 2 N–H and O–H groups in total. The molecule has 1 rings (SSSR count). The third-order valence-electron chi connectivity index (χ3n) is 2.63. The van der Waals surface area contributed by atoms with Gasteiger partial charge in [-0.25, -0.2) is 0 Å². The number of nitrogens with one attached hydrogen (secondary N) is 2. The molecule has 0 spiro atoms. The minimum atomic E-state index is -0.00531. The number of thioether (sulfide) groups is 1. The lowest BCUT2D eigenvalue weighted by Gasteiger charge is -2.13. The molecule has 1 amide bonds. The number of amides is 1. The average Bonchev–Trinajstić information content (AvgIpc) is 2.30. The van der Waals surface area contributed by atoms with Crippen molar-refractivity contribution in [1.82, 2.24) is 5.32 Å². The maximum atomic E-state index is 11.6. The molecule has 0 aliphatic carbocycles. The molecule has 1 aromatic carbocycles. The number of hydrogen-bond acceptors (Lipinski definition) is 3. The first-order valence-corrected chi connectivity index (χ1v) is 7.24. The predicted octanol–water partition coefficient (Wildman–Crippen LogP) is 3.22. The average molecular weight is 303 g/mol. The fourth-order valence-electron chi connectivity index (χ4n) is 1.59. The molecule has 0 saturated heterocycles. The number of likely N-dealkylation sites (N-methyl/N-ethyl adjacent to an activating group) is 1. The third kappa shape index (κ3) is 6.32. The first-order chi connectivity index (χ1) is 8.54. The van der Waals surface area contributed by atoms with Gasteiger partial charge in [-0.3, -0.25) is 4.79 Å². The van der Waals surface area contributed by atoms with E-state index in [1.165, 1.54) is 5.56 Å². The molecule has 0 unspecified atom stereocenters. The van der Waals surface area contributed by atoms with Crippen LogP contribution in [0.1, 0.15) is 25.0 Å². The molecule has 3 nitrogen and oxygen atoms in total. The highest BCUT2D eigenvalue weighted by atomic mass is 35.5. The van der Waals surface area contributed by atoms with Crippen molar-refractivity contribution >= 4 is 35.8 Å². The monoisotopic (exact) mass is 302 g/mol. The maximum Gasteiger partial charge on any atom is 0.238 e. The normalized spacial score (nSPS) is 10.2. The molecule has 108 valence electrons. The van der Waals surface area contributed by atoms with E-state index in [9.17, 15) is 4.79 Å². The predicted molar refractivity (Wildman–Crippen MR) is 87.4 cm³/mol. The summed E-state index contributed by atoms with van der Waals surface area (Å²) in [6.45, 7) is 6.78. The number of carbonyl (C=O) groups excluding carboxylic acids is 1. The zero-order valence-electron chi connectivity index (χ0n) is 11.9. The smallest absolute Gasteiger partial charge is 0.238 e. The zero-order chi connectivity index (χ0) is 13.5. The van der Waals surface area contributed by atoms with Gasteiger partial charge >= 0.3 is 0 Å². The second kappa shape index (κ2) is 9.23. The van der Waals surface area contributed by atoms with Crippen LogP contribution >= 0.6 is 24.2 Å². The third-order valence-corrected chi connectivity index (χ3v) is 3.77. The Bertz CT molecular complexity index is 410. The van der Waals surface area contributed by atoms with Crippen molar-refractivity contribution in [2.75, 3.05) is 18.9 Å². The quantitative estimate of drug-likeness (QED) is 0.848. The van der Waals surface area contributed by atoms with Gasteiger partial charge in [-0.2, -0.15) is 11.8 Å². The summed E-state index contributed by atoms with van der Waals surface area (Å²) in [5.41, 5.74) is 3.36. The Hall–Kier alpha value is -0.710. The molecule has 19 heavy (non-hydrogen) atoms. The van der Waals surface area contributed by atoms with Gasteiger partial charge in [0.25, 0.3) is 0 Å². The minimum Gasteiger partial charge on any atom is -0.325 e. The Morgan fingerprint density at radius 1 is 1.37 bits per heavy atom. The standard InChI is InChI=1S/C14H22N2OS.ClH/c1-10(2)18-9-12-6-5-7-13(11(12)3)16-14(17)8-15-4;/h5-7,10,15H,8-9H2,1-4H3,(H,16,17);1H. The van der Waals surface area contributed by atoms with Gasteiger partial charge in [0.15, 0.2) is 0 Å². The van der Waals surface area contributed by atoms with Gasteiger partial charge in [0.1, 0.15) is 0 Å². The first-order valence-electron chi connectivity index (χ1n) is 6.19. The highest BCUT2D eigenvalue weighted by Gasteiger charge is 2.07. The number of hydrogen-bond donors (Lipinski definition) is 2. The fraction of sp³-hybridized carbons (Fsp3) is 0.500. The summed E-state index contributed by atoms with van der Waals surface area (Å²) in [5.74, 6) is 0.980. The number of halogens is 1. The second-order valence-corrected chi connectivity index (χ2v) is 6.09. The van der Waals surface area contributed by atoms with Crippen LogP contribution in [0.5, 0.6) is 0 Å². The molecule has 5 heteroatoms. The SMILES string of the molecule is CNCC(=O)Nc1cccc(CSC(C)C)c1C.Cl. The van der Waals surface area contributed by atoms with E-state index in [-0.39, 0.29) is 18.3 Å². The van der Waals surface area contributed by atoms with E-state index in [2.05, 4.69) is 37.5 Å². The topological polar surface area (TPSA) is 41.1 Å². The molecular weight excluding hydrogens is 280 g/mol. The number of anilines is 1. The van der Waals surface area contributed by atoms with E-state index in [4.69, 9.17) is 0 Å². The largest absolute Gasteiger partial charge is 0.325 e. The molecule has 0 aliphatic heterocycles. The molecular formula is C14H23ClN2OS. The minimum absolute atomic E-state index is 0.